The molecule has 1 spiro atoms. The average molecular weight is 731 g/mol. The number of anilines is 1. The van der Waals surface area contributed by atoms with Crippen LogP contribution in [0.5, 0.6) is 5.75 Å². The largest absolute Gasteiger partial charge is 0.496 e. The highest BCUT2D eigenvalue weighted by Crippen LogP contribution is 2.58. The van der Waals surface area contributed by atoms with E-state index in [-0.39, 0.29) is 55.7 Å². The molecular weight excluding hydrogens is 701 g/mol. The number of carboxylic acids is 1. The van der Waals surface area contributed by atoms with E-state index in [1.54, 1.807) is 36.1 Å². The molecule has 7 rings (SSSR count). The van der Waals surface area contributed by atoms with Crippen LogP contribution in [0.1, 0.15) is 57.3 Å². The van der Waals surface area contributed by atoms with E-state index in [9.17, 15) is 45.4 Å². The van der Waals surface area contributed by atoms with Crippen LogP contribution < -0.4 is 9.64 Å². The third-order valence-electron chi connectivity index (χ3n) is 9.70. The number of aryl methyl sites for hydroxylation is 1. The van der Waals surface area contributed by atoms with E-state index in [1.807, 2.05) is 0 Å². The maximum atomic E-state index is 13.8. The molecule has 4 aromatic rings. The second kappa shape index (κ2) is 12.4. The fraction of sp³-hybridized carbons (Fsp3) is 0.333. The smallest absolute Gasteiger partial charge is 0.416 e. The van der Waals surface area contributed by atoms with Crippen LogP contribution in [0.3, 0.4) is 0 Å². The lowest BCUT2D eigenvalue weighted by Gasteiger charge is -2.34. The normalized spacial score (nSPS) is 18.4. The Hall–Kier alpha value is -5.41. The van der Waals surface area contributed by atoms with Gasteiger partial charge in [0, 0.05) is 17.3 Å². The van der Waals surface area contributed by atoms with E-state index in [1.165, 1.54) is 30.3 Å². The molecule has 0 unspecified atom stereocenters. The van der Waals surface area contributed by atoms with Gasteiger partial charge in [0.15, 0.2) is 6.10 Å². The molecule has 1 aromatic heterocycles. The first-order chi connectivity index (χ1) is 24.5. The summed E-state index contributed by atoms with van der Waals surface area (Å²) in [6, 6.07) is 11.1. The van der Waals surface area contributed by atoms with Crippen molar-refractivity contribution < 1.29 is 54.9 Å². The molecule has 9 nitrogen and oxygen atoms in total. The second-order valence-electron chi connectivity index (χ2n) is 13.1. The monoisotopic (exact) mass is 730 g/mol. The molecular formula is C36H29F7N4O5. The fourth-order valence-electron chi connectivity index (χ4n) is 6.84. The Morgan fingerprint density at radius 3 is 2.19 bits per heavy atom. The number of nitrogens with zero attached hydrogens (tertiary/aromatic N) is 4. The maximum Gasteiger partial charge on any atom is 0.416 e. The molecule has 1 saturated carbocycles. The van der Waals surface area contributed by atoms with Crippen LogP contribution in [-0.4, -0.2) is 63.9 Å². The van der Waals surface area contributed by atoms with Gasteiger partial charge in [0.2, 0.25) is 5.95 Å². The van der Waals surface area contributed by atoms with Crippen molar-refractivity contribution >= 4 is 18.0 Å². The number of aromatic carboxylic acids is 1. The zero-order chi connectivity index (χ0) is 37.3. The van der Waals surface area contributed by atoms with Crippen LogP contribution in [0.2, 0.25) is 0 Å². The first-order valence-corrected chi connectivity index (χ1v) is 16.0. The summed E-state index contributed by atoms with van der Waals surface area (Å²) in [7, 11) is 1.44. The van der Waals surface area contributed by atoms with Gasteiger partial charge in [-0.1, -0.05) is 12.1 Å². The Morgan fingerprint density at radius 1 is 0.962 bits per heavy atom. The third kappa shape index (κ3) is 6.23. The van der Waals surface area contributed by atoms with Gasteiger partial charge in [0.1, 0.15) is 11.9 Å². The minimum Gasteiger partial charge on any atom is -0.496 e. The first kappa shape index (κ1) is 35.0. The summed E-state index contributed by atoms with van der Waals surface area (Å²) in [5, 5.41) is 9.43. The lowest BCUT2D eigenvalue weighted by molar-refractivity contribution is -0.143. The number of methoxy groups -OCH3 is 1. The number of amides is 1. The molecule has 52 heavy (non-hydrogen) atoms. The molecule has 1 aliphatic carbocycles. The number of hydrogen-bond donors (Lipinski definition) is 1. The van der Waals surface area contributed by atoms with Crippen LogP contribution in [0.25, 0.3) is 22.3 Å². The summed E-state index contributed by atoms with van der Waals surface area (Å²) in [5.41, 5.74) is -1.49. The Labute approximate surface area is 291 Å². The van der Waals surface area contributed by atoms with Crippen molar-refractivity contribution in [2.75, 3.05) is 25.1 Å². The number of cyclic esters (lactones) is 1. The van der Waals surface area contributed by atoms with Crippen molar-refractivity contribution in [1.82, 2.24) is 14.9 Å². The van der Waals surface area contributed by atoms with Gasteiger partial charge in [-0.25, -0.2) is 23.9 Å². The number of ether oxygens (including phenoxy) is 2. The number of alkyl halides is 7. The van der Waals surface area contributed by atoms with Gasteiger partial charge in [0.05, 0.1) is 54.7 Å². The Bertz CT molecular complexity index is 2060. The molecule has 2 saturated heterocycles. The van der Waals surface area contributed by atoms with Crippen LogP contribution in [0, 0.1) is 6.92 Å². The van der Waals surface area contributed by atoms with Gasteiger partial charge in [-0.15, -0.1) is 0 Å². The minimum absolute atomic E-state index is 0.0214. The number of carbonyl (C=O) groups excluding carboxylic acids is 1. The number of aromatic nitrogens is 2. The molecule has 3 aromatic carbocycles. The second-order valence-corrected chi connectivity index (χ2v) is 13.1. The number of rotatable bonds is 8. The highest BCUT2D eigenvalue weighted by atomic mass is 19.4. The Morgan fingerprint density at radius 2 is 1.63 bits per heavy atom. The quantitative estimate of drug-likeness (QED) is 0.181. The Kier molecular flexibility index (Phi) is 8.33. The summed E-state index contributed by atoms with van der Waals surface area (Å²) in [4.78, 5) is 37.0. The van der Waals surface area contributed by atoms with Gasteiger partial charge >= 0.3 is 24.4 Å². The lowest BCUT2D eigenvalue weighted by Crippen LogP contribution is -2.49. The zero-order valence-electron chi connectivity index (χ0n) is 27.5. The van der Waals surface area contributed by atoms with E-state index in [0.717, 1.165) is 0 Å². The number of carboxylic acid groups (broad SMARTS) is 1. The summed E-state index contributed by atoms with van der Waals surface area (Å²) in [5.74, 6) is -0.552. The SMILES string of the molecule is COc1ccc(-c2ccc(C(=O)O)cc2C)cc1-c1cnc(N2CC(F)C2)nc1CN1C(=O)O[C@H](c2cc(C(F)(F)F)cc(C(F)(F)F)c2)C12CC2. The van der Waals surface area contributed by atoms with Gasteiger partial charge in [-0.3, -0.25) is 4.90 Å². The molecule has 1 amide bonds. The highest BCUT2D eigenvalue weighted by Gasteiger charge is 2.64. The van der Waals surface area contributed by atoms with E-state index in [2.05, 4.69) is 4.98 Å². The Balaban J connectivity index is 1.30. The molecule has 2 aliphatic heterocycles. The summed E-state index contributed by atoms with van der Waals surface area (Å²) >= 11 is 0. The maximum absolute atomic E-state index is 13.8. The number of benzene rings is 3. The van der Waals surface area contributed by atoms with E-state index in [0.29, 0.717) is 45.7 Å². The highest BCUT2D eigenvalue weighted by molar-refractivity contribution is 5.89. The first-order valence-electron chi connectivity index (χ1n) is 16.0. The van der Waals surface area contributed by atoms with Gasteiger partial charge < -0.3 is 19.5 Å². The molecule has 1 N–H and O–H groups in total. The predicted molar refractivity (Wildman–Crippen MR) is 171 cm³/mol. The topological polar surface area (TPSA) is 105 Å². The number of carbonyl (C=O) groups is 2. The minimum atomic E-state index is -5.10. The van der Waals surface area contributed by atoms with E-state index >= 15 is 0 Å². The van der Waals surface area contributed by atoms with Crippen molar-refractivity contribution in [2.24, 2.45) is 0 Å². The van der Waals surface area contributed by atoms with Crippen molar-refractivity contribution in [3.05, 3.63) is 94.3 Å². The molecule has 0 radical (unpaired) electrons. The molecule has 3 aliphatic rings. The van der Waals surface area contributed by atoms with E-state index in [4.69, 9.17) is 14.5 Å². The molecule has 1 atom stereocenters. The van der Waals surface area contributed by atoms with Crippen LogP contribution in [0.4, 0.5) is 41.5 Å². The van der Waals surface area contributed by atoms with Crippen LogP contribution in [-0.2, 0) is 23.6 Å². The van der Waals surface area contributed by atoms with Gasteiger partial charge in [0.25, 0.3) is 0 Å². The molecule has 272 valence electrons. The summed E-state index contributed by atoms with van der Waals surface area (Å²) in [6.45, 7) is 1.53. The third-order valence-corrected chi connectivity index (χ3v) is 9.70. The van der Waals surface area contributed by atoms with E-state index < -0.39 is 58.9 Å². The van der Waals surface area contributed by atoms with Crippen molar-refractivity contribution in [3.63, 3.8) is 0 Å². The summed E-state index contributed by atoms with van der Waals surface area (Å²) < 4.78 is 108. The fourth-order valence-corrected chi connectivity index (χ4v) is 6.84. The van der Waals surface area contributed by atoms with Crippen molar-refractivity contribution in [3.8, 4) is 28.0 Å². The van der Waals surface area contributed by atoms with Crippen molar-refractivity contribution in [1.29, 1.82) is 0 Å². The standard InChI is InChI=1S/C36H29F7N4O5/c1-18-9-20(31(48)49)3-5-25(18)19-4-6-29(51-2)26(12-19)27-14-44-32(46-15-24(37)16-46)45-28(27)17-47-33(50)52-30(34(47)7-8-34)21-10-22(35(38,39)40)13-23(11-21)36(41,42)43/h3-6,9-14,24,30H,7-8,15-17H2,1-2H3,(H,48,49)/t30-/m1/s1. The number of halogens is 7. The number of hydrogen-bond acceptors (Lipinski definition) is 7. The molecule has 3 heterocycles. The lowest BCUT2D eigenvalue weighted by atomic mass is 9.93. The molecule has 3 fully saturated rings. The molecule has 0 bridgehead atoms. The average Bonchev–Trinajstić information content (AvgIpc) is 3.83. The van der Waals surface area contributed by atoms with Gasteiger partial charge in [-0.05, 0) is 84.5 Å². The van der Waals surface area contributed by atoms with Crippen molar-refractivity contribution in [2.45, 2.75) is 56.5 Å². The molecule has 16 heteroatoms. The van der Waals surface area contributed by atoms with Crippen LogP contribution in [0.15, 0.2) is 60.8 Å². The summed E-state index contributed by atoms with van der Waals surface area (Å²) in [6.07, 6.45) is -11.7. The zero-order valence-corrected chi connectivity index (χ0v) is 27.5. The van der Waals surface area contributed by atoms with Gasteiger partial charge in [-0.2, -0.15) is 26.3 Å². The van der Waals surface area contributed by atoms with Crippen LogP contribution >= 0.6 is 0 Å². The predicted octanol–water partition coefficient (Wildman–Crippen LogP) is 8.25.